The van der Waals surface area contributed by atoms with Crippen LogP contribution in [0.3, 0.4) is 0 Å². The molecule has 1 aliphatic rings. The van der Waals surface area contributed by atoms with E-state index in [2.05, 4.69) is 5.32 Å². The summed E-state index contributed by atoms with van der Waals surface area (Å²) in [5, 5.41) is 13.6. The topological polar surface area (TPSA) is 54.6 Å². The van der Waals surface area contributed by atoms with Crippen molar-refractivity contribution in [2.45, 2.75) is 31.4 Å². The first-order chi connectivity index (χ1) is 7.66. The molecule has 4 heteroatoms. The van der Waals surface area contributed by atoms with Crippen LogP contribution in [-0.4, -0.2) is 36.5 Å². The van der Waals surface area contributed by atoms with E-state index < -0.39 is 5.60 Å². The van der Waals surface area contributed by atoms with Gasteiger partial charge in [-0.2, -0.15) is 0 Å². The van der Waals surface area contributed by atoms with E-state index in [0.717, 1.165) is 18.9 Å². The molecular weight excluding hydrogens is 206 g/mol. The maximum atomic E-state index is 10.3. The highest BCUT2D eigenvalue weighted by Gasteiger charge is 2.27. The summed E-state index contributed by atoms with van der Waals surface area (Å²) in [6.07, 6.45) is 2.85. The molecule has 2 N–H and O–H groups in total. The number of furan rings is 1. The van der Waals surface area contributed by atoms with Gasteiger partial charge in [0.25, 0.3) is 0 Å². The Kier molecular flexibility index (Phi) is 3.63. The van der Waals surface area contributed by atoms with Crippen molar-refractivity contribution < 1.29 is 14.3 Å². The van der Waals surface area contributed by atoms with Gasteiger partial charge in [0.2, 0.25) is 0 Å². The van der Waals surface area contributed by atoms with Crippen molar-refractivity contribution in [1.29, 1.82) is 0 Å². The van der Waals surface area contributed by atoms with Gasteiger partial charge in [0.05, 0.1) is 25.1 Å². The maximum absolute atomic E-state index is 10.3. The molecule has 1 aromatic heterocycles. The molecular formula is C12H19NO3. The highest BCUT2D eigenvalue weighted by atomic mass is 16.5. The van der Waals surface area contributed by atoms with Crippen molar-refractivity contribution in [1.82, 2.24) is 5.32 Å². The molecule has 16 heavy (non-hydrogen) atoms. The van der Waals surface area contributed by atoms with Crippen LogP contribution in [0.5, 0.6) is 0 Å². The van der Waals surface area contributed by atoms with Gasteiger partial charge >= 0.3 is 0 Å². The molecule has 2 unspecified atom stereocenters. The lowest BCUT2D eigenvalue weighted by Gasteiger charge is -2.31. The van der Waals surface area contributed by atoms with Crippen molar-refractivity contribution in [2.24, 2.45) is 0 Å². The molecule has 1 fully saturated rings. The van der Waals surface area contributed by atoms with E-state index in [1.54, 1.807) is 6.26 Å². The molecule has 0 spiro atoms. The lowest BCUT2D eigenvalue weighted by atomic mass is 9.92. The normalized spacial score (nSPS) is 25.2. The molecule has 0 radical (unpaired) electrons. The maximum Gasteiger partial charge on any atom is 0.106 e. The minimum Gasteiger partial charge on any atom is -0.469 e. The summed E-state index contributed by atoms with van der Waals surface area (Å²) >= 11 is 0. The monoisotopic (exact) mass is 225 g/mol. The molecule has 0 aromatic carbocycles. The van der Waals surface area contributed by atoms with Crippen LogP contribution in [0, 0.1) is 0 Å². The van der Waals surface area contributed by atoms with E-state index in [1.807, 2.05) is 19.1 Å². The number of rotatable bonds is 4. The van der Waals surface area contributed by atoms with Crippen LogP contribution in [0.25, 0.3) is 0 Å². The third-order valence-corrected chi connectivity index (χ3v) is 2.82. The number of hydrogen-bond acceptors (Lipinski definition) is 4. The van der Waals surface area contributed by atoms with E-state index in [9.17, 15) is 5.11 Å². The molecule has 90 valence electrons. The van der Waals surface area contributed by atoms with Crippen LogP contribution in [0.2, 0.25) is 0 Å². The summed E-state index contributed by atoms with van der Waals surface area (Å²) in [4.78, 5) is 0. The lowest BCUT2D eigenvalue weighted by Crippen LogP contribution is -2.46. The van der Waals surface area contributed by atoms with Crippen molar-refractivity contribution >= 4 is 0 Å². The van der Waals surface area contributed by atoms with Crippen LogP contribution >= 0.6 is 0 Å². The van der Waals surface area contributed by atoms with E-state index in [-0.39, 0.29) is 6.04 Å². The second kappa shape index (κ2) is 4.99. The van der Waals surface area contributed by atoms with Crippen LogP contribution in [-0.2, 0) is 11.2 Å². The highest BCUT2D eigenvalue weighted by Crippen LogP contribution is 2.20. The Morgan fingerprint density at radius 2 is 2.50 bits per heavy atom. The third-order valence-electron chi connectivity index (χ3n) is 2.82. The standard InChI is InChI=1S/C12H19NO3/c1-12(14,8-11-3-2-5-16-11)7-10-9-15-6-4-13-10/h2-3,5,10,13-14H,4,6-9H2,1H3. The number of aliphatic hydroxyl groups is 1. The average Bonchev–Trinajstić information content (AvgIpc) is 2.70. The lowest BCUT2D eigenvalue weighted by molar-refractivity contribution is 0.00375. The first kappa shape index (κ1) is 11.6. The molecule has 1 aromatic rings. The fourth-order valence-corrected chi connectivity index (χ4v) is 2.14. The van der Waals surface area contributed by atoms with Crippen LogP contribution in [0.1, 0.15) is 19.1 Å². The number of morpholine rings is 1. The number of ether oxygens (including phenoxy) is 1. The smallest absolute Gasteiger partial charge is 0.106 e. The van der Waals surface area contributed by atoms with Crippen molar-refractivity contribution in [3.63, 3.8) is 0 Å². The van der Waals surface area contributed by atoms with E-state index in [4.69, 9.17) is 9.15 Å². The molecule has 0 aliphatic carbocycles. The predicted octanol–water partition coefficient (Wildman–Crippen LogP) is 0.952. The Labute approximate surface area is 95.6 Å². The van der Waals surface area contributed by atoms with E-state index >= 15 is 0 Å². The Morgan fingerprint density at radius 1 is 1.62 bits per heavy atom. The van der Waals surface area contributed by atoms with Gasteiger partial charge in [0, 0.05) is 19.0 Å². The fourth-order valence-electron chi connectivity index (χ4n) is 2.14. The van der Waals surface area contributed by atoms with Crippen LogP contribution < -0.4 is 5.32 Å². The van der Waals surface area contributed by atoms with E-state index in [0.29, 0.717) is 19.4 Å². The minimum absolute atomic E-state index is 0.235. The first-order valence-corrected chi connectivity index (χ1v) is 5.72. The summed E-state index contributed by atoms with van der Waals surface area (Å²) < 4.78 is 10.6. The van der Waals surface area contributed by atoms with Gasteiger partial charge in [0.1, 0.15) is 5.76 Å². The third kappa shape index (κ3) is 3.33. The van der Waals surface area contributed by atoms with Crippen LogP contribution in [0.4, 0.5) is 0 Å². The Hall–Kier alpha value is -0.840. The Bertz CT molecular complexity index is 302. The fraction of sp³-hybridized carbons (Fsp3) is 0.667. The van der Waals surface area contributed by atoms with Crippen molar-refractivity contribution in [2.75, 3.05) is 19.8 Å². The molecule has 1 aliphatic heterocycles. The molecule has 2 atom stereocenters. The summed E-state index contributed by atoms with van der Waals surface area (Å²) in [5.74, 6) is 0.821. The summed E-state index contributed by atoms with van der Waals surface area (Å²) in [7, 11) is 0. The van der Waals surface area contributed by atoms with Crippen molar-refractivity contribution in [3.8, 4) is 0 Å². The predicted molar refractivity (Wildman–Crippen MR) is 60.3 cm³/mol. The summed E-state index contributed by atoms with van der Waals surface area (Å²) in [6.45, 7) is 4.14. The molecule has 1 saturated heterocycles. The van der Waals surface area contributed by atoms with Gasteiger partial charge in [-0.15, -0.1) is 0 Å². The second-order valence-corrected chi connectivity index (χ2v) is 4.68. The molecule has 4 nitrogen and oxygen atoms in total. The zero-order valence-corrected chi connectivity index (χ0v) is 9.61. The second-order valence-electron chi connectivity index (χ2n) is 4.68. The molecule has 2 heterocycles. The van der Waals surface area contributed by atoms with Gasteiger partial charge in [-0.3, -0.25) is 0 Å². The Balaban J connectivity index is 1.86. The van der Waals surface area contributed by atoms with Gasteiger partial charge in [-0.25, -0.2) is 0 Å². The molecule has 2 rings (SSSR count). The molecule has 0 saturated carbocycles. The molecule has 0 bridgehead atoms. The van der Waals surface area contributed by atoms with Crippen molar-refractivity contribution in [3.05, 3.63) is 24.2 Å². The summed E-state index contributed by atoms with van der Waals surface area (Å²) in [5.41, 5.74) is -0.754. The Morgan fingerprint density at radius 3 is 3.12 bits per heavy atom. The van der Waals surface area contributed by atoms with Gasteiger partial charge < -0.3 is 19.6 Å². The first-order valence-electron chi connectivity index (χ1n) is 5.72. The SMILES string of the molecule is CC(O)(Cc1ccco1)CC1COCCN1. The zero-order valence-electron chi connectivity index (χ0n) is 9.61. The van der Waals surface area contributed by atoms with Gasteiger partial charge in [0.15, 0.2) is 0 Å². The number of hydrogen-bond donors (Lipinski definition) is 2. The van der Waals surface area contributed by atoms with Gasteiger partial charge in [-0.05, 0) is 25.5 Å². The average molecular weight is 225 g/mol. The highest BCUT2D eigenvalue weighted by molar-refractivity contribution is 5.02. The van der Waals surface area contributed by atoms with Gasteiger partial charge in [-0.1, -0.05) is 0 Å². The zero-order chi connectivity index (χ0) is 11.4. The largest absolute Gasteiger partial charge is 0.469 e. The molecule has 0 amide bonds. The quantitative estimate of drug-likeness (QED) is 0.801. The number of nitrogens with one attached hydrogen (secondary N) is 1. The summed E-state index contributed by atoms with van der Waals surface area (Å²) in [6, 6.07) is 3.96. The van der Waals surface area contributed by atoms with E-state index in [1.165, 1.54) is 0 Å². The van der Waals surface area contributed by atoms with Crippen LogP contribution in [0.15, 0.2) is 22.8 Å². The minimum atomic E-state index is -0.754.